The summed E-state index contributed by atoms with van der Waals surface area (Å²) in [7, 11) is 1.89. The Labute approximate surface area is 63.3 Å². The molecule has 0 aromatic carbocycles. The fraction of sp³-hybridized carbons (Fsp3) is 0.143. The van der Waals surface area contributed by atoms with Gasteiger partial charge in [0.1, 0.15) is 11.8 Å². The van der Waals surface area contributed by atoms with Gasteiger partial charge in [-0.1, -0.05) is 0 Å². The van der Waals surface area contributed by atoms with E-state index in [9.17, 15) is 0 Å². The highest BCUT2D eigenvalue weighted by Gasteiger charge is 2.02. The van der Waals surface area contributed by atoms with Gasteiger partial charge in [-0.25, -0.2) is 4.98 Å². The summed E-state index contributed by atoms with van der Waals surface area (Å²) in [6.07, 6.45) is 5.25. The van der Waals surface area contributed by atoms with Gasteiger partial charge in [0.15, 0.2) is 0 Å². The number of rotatable bonds is 0. The molecule has 0 spiro atoms. The van der Waals surface area contributed by atoms with E-state index in [4.69, 9.17) is 5.26 Å². The molecule has 2 heterocycles. The number of aromatic nitrogens is 3. The van der Waals surface area contributed by atoms with Crippen LogP contribution in [0.25, 0.3) is 5.78 Å². The maximum Gasteiger partial charge on any atom is 0.214 e. The molecule has 4 heteroatoms. The zero-order valence-corrected chi connectivity index (χ0v) is 6.02. The van der Waals surface area contributed by atoms with Crippen LogP contribution in [-0.4, -0.2) is 14.0 Å². The Morgan fingerprint density at radius 1 is 1.55 bits per heavy atom. The summed E-state index contributed by atoms with van der Waals surface area (Å²) in [5.74, 6) is 0.793. The lowest BCUT2D eigenvalue weighted by atomic mass is 10.5. The maximum atomic E-state index is 8.61. The molecule has 2 aromatic heterocycles. The maximum absolute atomic E-state index is 8.61. The second kappa shape index (κ2) is 1.86. The molecule has 54 valence electrons. The molecule has 0 amide bonds. The summed E-state index contributed by atoms with van der Waals surface area (Å²) >= 11 is 0. The van der Waals surface area contributed by atoms with Crippen LogP contribution in [0.2, 0.25) is 0 Å². The third-order valence-electron chi connectivity index (χ3n) is 1.65. The molecule has 0 atom stereocenters. The lowest BCUT2D eigenvalue weighted by molar-refractivity contribution is 0.937. The zero-order chi connectivity index (χ0) is 7.84. The highest BCUT2D eigenvalue weighted by molar-refractivity contribution is 5.37. The van der Waals surface area contributed by atoms with Crippen LogP contribution in [-0.2, 0) is 7.05 Å². The minimum Gasteiger partial charge on any atom is -0.320 e. The Morgan fingerprint density at radius 2 is 2.36 bits per heavy atom. The Bertz CT molecular complexity index is 429. The highest BCUT2D eigenvalue weighted by Crippen LogP contribution is 2.04. The second-order valence-electron chi connectivity index (χ2n) is 2.33. The molecule has 0 aliphatic carbocycles. The van der Waals surface area contributed by atoms with Crippen molar-refractivity contribution in [2.24, 2.45) is 7.05 Å². The summed E-state index contributed by atoms with van der Waals surface area (Å²) in [4.78, 5) is 4.05. The summed E-state index contributed by atoms with van der Waals surface area (Å²) in [5.41, 5.74) is 0.570. The van der Waals surface area contributed by atoms with Gasteiger partial charge in [0.05, 0.1) is 6.20 Å². The first-order valence-electron chi connectivity index (χ1n) is 3.21. The number of hydrogen-bond acceptors (Lipinski definition) is 2. The lowest BCUT2D eigenvalue weighted by Gasteiger charge is -1.85. The third kappa shape index (κ3) is 0.649. The van der Waals surface area contributed by atoms with Gasteiger partial charge in [0, 0.05) is 19.4 Å². The van der Waals surface area contributed by atoms with Gasteiger partial charge in [-0.2, -0.15) is 5.26 Å². The molecule has 0 N–H and O–H groups in total. The summed E-state index contributed by atoms with van der Waals surface area (Å²) in [6, 6.07) is 2.05. The average molecular weight is 146 g/mol. The van der Waals surface area contributed by atoms with Gasteiger partial charge in [0.2, 0.25) is 5.78 Å². The van der Waals surface area contributed by atoms with E-state index in [-0.39, 0.29) is 0 Å². The average Bonchev–Trinajstić information content (AvgIpc) is 2.53. The minimum atomic E-state index is 0.570. The Hall–Kier alpha value is -1.76. The molecule has 0 aliphatic heterocycles. The van der Waals surface area contributed by atoms with E-state index < -0.39 is 0 Å². The number of imidazole rings is 2. The largest absolute Gasteiger partial charge is 0.320 e. The Morgan fingerprint density at radius 3 is 3.09 bits per heavy atom. The van der Waals surface area contributed by atoms with Crippen molar-refractivity contribution in [2.45, 2.75) is 0 Å². The van der Waals surface area contributed by atoms with Crippen LogP contribution in [0.4, 0.5) is 0 Å². The van der Waals surface area contributed by atoms with E-state index in [1.807, 2.05) is 24.0 Å². The quantitative estimate of drug-likeness (QED) is 0.544. The number of hydrogen-bond donors (Lipinski definition) is 0. The van der Waals surface area contributed by atoms with Crippen molar-refractivity contribution in [3.8, 4) is 6.07 Å². The van der Waals surface area contributed by atoms with Crippen LogP contribution in [0, 0.1) is 11.3 Å². The van der Waals surface area contributed by atoms with Gasteiger partial charge in [-0.05, 0) is 0 Å². The van der Waals surface area contributed by atoms with Crippen molar-refractivity contribution >= 4 is 5.78 Å². The van der Waals surface area contributed by atoms with Crippen LogP contribution in [0.1, 0.15) is 5.69 Å². The van der Waals surface area contributed by atoms with E-state index >= 15 is 0 Å². The fourth-order valence-electron chi connectivity index (χ4n) is 1.08. The first kappa shape index (κ1) is 5.98. The second-order valence-corrected chi connectivity index (χ2v) is 2.33. The third-order valence-corrected chi connectivity index (χ3v) is 1.65. The SMILES string of the molecule is Cn1ccn2c(C#N)cnc12. The predicted octanol–water partition coefficient (Wildman–Crippen LogP) is 0.544. The molecule has 0 bridgehead atoms. The molecule has 11 heavy (non-hydrogen) atoms. The van der Waals surface area contributed by atoms with Crippen molar-refractivity contribution in [3.05, 3.63) is 24.3 Å². The highest BCUT2D eigenvalue weighted by atomic mass is 15.2. The first-order valence-corrected chi connectivity index (χ1v) is 3.21. The Balaban J connectivity index is 2.90. The molecule has 0 fully saturated rings. The van der Waals surface area contributed by atoms with Crippen molar-refractivity contribution in [3.63, 3.8) is 0 Å². The van der Waals surface area contributed by atoms with E-state index in [1.54, 1.807) is 10.6 Å². The molecule has 0 saturated carbocycles. The standard InChI is InChI=1S/C7H6N4/c1-10-2-3-11-6(4-8)5-9-7(10)11/h2-3,5H,1H3. The van der Waals surface area contributed by atoms with Crippen LogP contribution in [0.15, 0.2) is 18.6 Å². The van der Waals surface area contributed by atoms with Crippen LogP contribution in [0.3, 0.4) is 0 Å². The summed E-state index contributed by atoms with van der Waals surface area (Å²) < 4.78 is 3.61. The number of fused-ring (bicyclic) bond motifs is 1. The van der Waals surface area contributed by atoms with Gasteiger partial charge >= 0.3 is 0 Å². The predicted molar refractivity (Wildman–Crippen MR) is 38.9 cm³/mol. The molecular weight excluding hydrogens is 140 g/mol. The van der Waals surface area contributed by atoms with Crippen molar-refractivity contribution in [2.75, 3.05) is 0 Å². The van der Waals surface area contributed by atoms with Crippen molar-refractivity contribution in [1.29, 1.82) is 5.26 Å². The lowest BCUT2D eigenvalue weighted by Crippen LogP contribution is -1.86. The van der Waals surface area contributed by atoms with Crippen LogP contribution in [0.5, 0.6) is 0 Å². The smallest absolute Gasteiger partial charge is 0.214 e. The van der Waals surface area contributed by atoms with Crippen LogP contribution < -0.4 is 0 Å². The van der Waals surface area contributed by atoms with Gasteiger partial charge in [-0.3, -0.25) is 4.40 Å². The molecule has 0 aliphatic rings. The molecule has 0 saturated heterocycles. The number of aryl methyl sites for hydroxylation is 1. The van der Waals surface area contributed by atoms with Gasteiger partial charge in [0.25, 0.3) is 0 Å². The van der Waals surface area contributed by atoms with E-state index in [2.05, 4.69) is 11.1 Å². The Kier molecular flexibility index (Phi) is 1.01. The molecular formula is C7H6N4. The van der Waals surface area contributed by atoms with Crippen molar-refractivity contribution < 1.29 is 0 Å². The van der Waals surface area contributed by atoms with E-state index in [1.165, 1.54) is 0 Å². The summed E-state index contributed by atoms with van der Waals surface area (Å²) in [6.45, 7) is 0. The van der Waals surface area contributed by atoms with Crippen LogP contribution >= 0.6 is 0 Å². The first-order chi connectivity index (χ1) is 5.33. The van der Waals surface area contributed by atoms with E-state index in [0.29, 0.717) is 5.69 Å². The van der Waals surface area contributed by atoms with E-state index in [0.717, 1.165) is 5.78 Å². The normalized spacial score (nSPS) is 10.2. The number of nitrogens with zero attached hydrogens (tertiary/aromatic N) is 4. The molecule has 0 radical (unpaired) electrons. The van der Waals surface area contributed by atoms with Gasteiger partial charge < -0.3 is 4.57 Å². The zero-order valence-electron chi connectivity index (χ0n) is 6.02. The van der Waals surface area contributed by atoms with Gasteiger partial charge in [-0.15, -0.1) is 0 Å². The fourth-order valence-corrected chi connectivity index (χ4v) is 1.08. The summed E-state index contributed by atoms with van der Waals surface area (Å²) in [5, 5.41) is 8.61. The molecule has 2 rings (SSSR count). The monoisotopic (exact) mass is 146 g/mol. The molecule has 4 nitrogen and oxygen atoms in total. The molecule has 0 unspecified atom stereocenters. The van der Waals surface area contributed by atoms with Crippen molar-refractivity contribution in [1.82, 2.24) is 14.0 Å². The number of nitriles is 1. The molecule has 2 aromatic rings. The topological polar surface area (TPSA) is 46.0 Å². The minimum absolute atomic E-state index is 0.570.